The van der Waals surface area contributed by atoms with Crippen LogP contribution in [0, 0.1) is 12.3 Å². The predicted molar refractivity (Wildman–Crippen MR) is 114 cm³/mol. The Kier molecular flexibility index (Phi) is 5.42. The number of benzene rings is 2. The van der Waals surface area contributed by atoms with Crippen LogP contribution in [0.3, 0.4) is 0 Å². The van der Waals surface area contributed by atoms with Gasteiger partial charge in [-0.3, -0.25) is 4.98 Å². The van der Waals surface area contributed by atoms with Crippen molar-refractivity contribution >= 4 is 20.9 Å². The number of rotatable bonds is 5. The predicted octanol–water partition coefficient (Wildman–Crippen LogP) is 3.55. The number of pyridine rings is 1. The first-order valence-electron chi connectivity index (χ1n) is 9.94. The average Bonchev–Trinajstić information content (AvgIpc) is 2.75. The molecule has 1 unspecified atom stereocenters. The van der Waals surface area contributed by atoms with Gasteiger partial charge in [0.25, 0.3) is 0 Å². The number of aromatic nitrogens is 1. The Bertz CT molecular complexity index is 1120. The number of aliphatic hydroxyl groups excluding tert-OH is 1. The minimum Gasteiger partial charge on any atom is -0.396 e. The SMILES string of the molecule is Cc1ccccc1CC1(CO)CCCN(S(=O)(=O)c2cccc3cccnc23)C1. The number of hydrogen-bond donors (Lipinski definition) is 1. The maximum absolute atomic E-state index is 13.5. The fourth-order valence-corrected chi connectivity index (χ4v) is 6.09. The van der Waals surface area contributed by atoms with Crippen LogP contribution in [0.15, 0.2) is 65.7 Å². The van der Waals surface area contributed by atoms with Gasteiger partial charge in [0, 0.05) is 30.1 Å². The molecule has 1 aromatic heterocycles. The molecule has 5 nitrogen and oxygen atoms in total. The first kappa shape index (κ1) is 20.0. The van der Waals surface area contributed by atoms with Gasteiger partial charge in [-0.2, -0.15) is 4.31 Å². The van der Waals surface area contributed by atoms with E-state index in [1.54, 1.807) is 24.4 Å². The van der Waals surface area contributed by atoms with Gasteiger partial charge >= 0.3 is 0 Å². The third-order valence-electron chi connectivity index (χ3n) is 6.00. The minimum absolute atomic E-state index is 0.0405. The summed E-state index contributed by atoms with van der Waals surface area (Å²) in [4.78, 5) is 4.56. The number of hydrogen-bond acceptors (Lipinski definition) is 4. The van der Waals surface area contributed by atoms with E-state index in [9.17, 15) is 13.5 Å². The lowest BCUT2D eigenvalue weighted by Gasteiger charge is -2.41. The molecule has 0 bridgehead atoms. The topological polar surface area (TPSA) is 70.5 Å². The molecule has 1 saturated heterocycles. The second kappa shape index (κ2) is 7.86. The summed E-state index contributed by atoms with van der Waals surface area (Å²) in [5.74, 6) is 0. The number of sulfonamides is 1. The lowest BCUT2D eigenvalue weighted by molar-refractivity contribution is 0.0644. The average molecular weight is 411 g/mol. The van der Waals surface area contributed by atoms with Crippen molar-refractivity contribution in [3.05, 3.63) is 71.9 Å². The van der Waals surface area contributed by atoms with E-state index in [1.165, 1.54) is 9.87 Å². The summed E-state index contributed by atoms with van der Waals surface area (Å²) in [7, 11) is -3.71. The highest BCUT2D eigenvalue weighted by Crippen LogP contribution is 2.37. The summed E-state index contributed by atoms with van der Waals surface area (Å²) in [5, 5.41) is 11.1. The molecule has 1 aliphatic heterocycles. The van der Waals surface area contributed by atoms with E-state index in [0.717, 1.165) is 23.8 Å². The molecule has 2 aromatic carbocycles. The molecular weight excluding hydrogens is 384 g/mol. The molecule has 1 fully saturated rings. The minimum atomic E-state index is -3.71. The van der Waals surface area contributed by atoms with Gasteiger partial charge in [0.05, 0.1) is 12.1 Å². The van der Waals surface area contributed by atoms with E-state index in [4.69, 9.17) is 0 Å². The number of piperidine rings is 1. The lowest BCUT2D eigenvalue weighted by Crippen LogP contribution is -2.49. The second-order valence-electron chi connectivity index (χ2n) is 8.03. The van der Waals surface area contributed by atoms with Gasteiger partial charge in [0.2, 0.25) is 10.0 Å². The smallest absolute Gasteiger partial charge is 0.245 e. The molecule has 0 amide bonds. The van der Waals surface area contributed by atoms with Crippen LogP contribution < -0.4 is 0 Å². The Balaban J connectivity index is 1.68. The van der Waals surface area contributed by atoms with Gasteiger partial charge in [-0.05, 0) is 49.4 Å². The molecule has 4 rings (SSSR count). The maximum Gasteiger partial charge on any atom is 0.245 e. The van der Waals surface area contributed by atoms with Gasteiger partial charge in [0.15, 0.2) is 0 Å². The number of fused-ring (bicyclic) bond motifs is 1. The molecule has 3 aromatic rings. The standard InChI is InChI=1S/C23H26N2O3S/c1-18-7-2-3-8-20(18)15-23(17-26)12-6-14-25(16-23)29(27,28)21-11-4-9-19-10-5-13-24-22(19)21/h2-5,7-11,13,26H,6,12,14-17H2,1H3. The van der Waals surface area contributed by atoms with Crippen molar-refractivity contribution in [3.8, 4) is 0 Å². The largest absolute Gasteiger partial charge is 0.396 e. The van der Waals surface area contributed by atoms with Crippen LogP contribution in [0.25, 0.3) is 10.9 Å². The summed E-state index contributed by atoms with van der Waals surface area (Å²) in [6.07, 6.45) is 3.81. The highest BCUT2D eigenvalue weighted by Gasteiger charge is 2.40. The van der Waals surface area contributed by atoms with E-state index in [0.29, 0.717) is 25.0 Å². The number of nitrogens with zero attached hydrogens (tertiary/aromatic N) is 2. The van der Waals surface area contributed by atoms with Gasteiger partial charge in [-0.15, -0.1) is 0 Å². The van der Waals surface area contributed by atoms with Crippen molar-refractivity contribution in [3.63, 3.8) is 0 Å². The van der Waals surface area contributed by atoms with E-state index < -0.39 is 15.4 Å². The van der Waals surface area contributed by atoms with Crippen LogP contribution >= 0.6 is 0 Å². The van der Waals surface area contributed by atoms with E-state index in [-0.39, 0.29) is 11.5 Å². The van der Waals surface area contributed by atoms with Crippen molar-refractivity contribution < 1.29 is 13.5 Å². The highest BCUT2D eigenvalue weighted by molar-refractivity contribution is 7.89. The van der Waals surface area contributed by atoms with Crippen LogP contribution in [0.1, 0.15) is 24.0 Å². The third-order valence-corrected chi connectivity index (χ3v) is 7.88. The molecular formula is C23H26N2O3S. The van der Waals surface area contributed by atoms with Crippen molar-refractivity contribution in [2.45, 2.75) is 31.1 Å². The Labute approximate surface area is 172 Å². The normalized spacial score (nSPS) is 20.8. The fourth-order valence-electron chi connectivity index (χ4n) is 4.33. The van der Waals surface area contributed by atoms with Crippen LogP contribution in [-0.4, -0.2) is 42.5 Å². The molecule has 0 spiro atoms. The van der Waals surface area contributed by atoms with Gasteiger partial charge in [-0.1, -0.05) is 42.5 Å². The monoisotopic (exact) mass is 410 g/mol. The van der Waals surface area contributed by atoms with Gasteiger partial charge in [0.1, 0.15) is 4.90 Å². The number of aryl methyl sites for hydroxylation is 1. The molecule has 6 heteroatoms. The Hall–Kier alpha value is -2.28. The van der Waals surface area contributed by atoms with Crippen molar-refractivity contribution in [1.29, 1.82) is 0 Å². The fraction of sp³-hybridized carbons (Fsp3) is 0.348. The van der Waals surface area contributed by atoms with Crippen molar-refractivity contribution in [1.82, 2.24) is 9.29 Å². The Morgan fingerprint density at radius 3 is 2.69 bits per heavy atom. The molecule has 0 radical (unpaired) electrons. The summed E-state index contributed by atoms with van der Waals surface area (Å²) < 4.78 is 28.6. The molecule has 1 N–H and O–H groups in total. The van der Waals surface area contributed by atoms with Gasteiger partial charge < -0.3 is 5.11 Å². The zero-order chi connectivity index (χ0) is 20.5. The Morgan fingerprint density at radius 1 is 1.10 bits per heavy atom. The lowest BCUT2D eigenvalue weighted by atomic mass is 9.76. The number of aliphatic hydroxyl groups is 1. The zero-order valence-corrected chi connectivity index (χ0v) is 17.4. The van der Waals surface area contributed by atoms with E-state index >= 15 is 0 Å². The first-order valence-corrected chi connectivity index (χ1v) is 11.4. The quantitative estimate of drug-likeness (QED) is 0.698. The molecule has 152 valence electrons. The first-order chi connectivity index (χ1) is 14.0. The third kappa shape index (κ3) is 3.80. The summed E-state index contributed by atoms with van der Waals surface area (Å²) >= 11 is 0. The second-order valence-corrected chi connectivity index (χ2v) is 9.94. The molecule has 1 aliphatic rings. The maximum atomic E-state index is 13.5. The molecule has 29 heavy (non-hydrogen) atoms. The summed E-state index contributed by atoms with van der Waals surface area (Å²) in [6.45, 7) is 2.78. The molecule has 0 aliphatic carbocycles. The summed E-state index contributed by atoms with van der Waals surface area (Å²) in [6, 6.07) is 17.0. The highest BCUT2D eigenvalue weighted by atomic mass is 32.2. The van der Waals surface area contributed by atoms with Gasteiger partial charge in [-0.25, -0.2) is 8.42 Å². The van der Waals surface area contributed by atoms with Crippen molar-refractivity contribution in [2.75, 3.05) is 19.7 Å². The van der Waals surface area contributed by atoms with Crippen molar-refractivity contribution in [2.24, 2.45) is 5.41 Å². The molecule has 2 heterocycles. The molecule has 0 saturated carbocycles. The van der Waals surface area contributed by atoms with Crippen LogP contribution in [0.2, 0.25) is 0 Å². The number of para-hydroxylation sites is 1. The zero-order valence-electron chi connectivity index (χ0n) is 16.6. The van der Waals surface area contributed by atoms with Crippen LogP contribution in [0.5, 0.6) is 0 Å². The van der Waals surface area contributed by atoms with Crippen LogP contribution in [0.4, 0.5) is 0 Å². The Morgan fingerprint density at radius 2 is 1.90 bits per heavy atom. The van der Waals surface area contributed by atoms with E-state index in [2.05, 4.69) is 24.0 Å². The summed E-state index contributed by atoms with van der Waals surface area (Å²) in [5.41, 5.74) is 2.34. The van der Waals surface area contributed by atoms with E-state index in [1.807, 2.05) is 24.3 Å². The van der Waals surface area contributed by atoms with Crippen LogP contribution in [-0.2, 0) is 16.4 Å². The molecule has 1 atom stereocenters.